The minimum atomic E-state index is -1.64. The number of rotatable bonds is 18. The fourth-order valence-corrected chi connectivity index (χ4v) is 14.9. The van der Waals surface area contributed by atoms with Crippen LogP contribution in [0.15, 0.2) is 35.7 Å². The van der Waals surface area contributed by atoms with Crippen LogP contribution in [-0.4, -0.2) is 30.6 Å². The van der Waals surface area contributed by atoms with Gasteiger partial charge in [0.05, 0.1) is 22.3 Å². The summed E-state index contributed by atoms with van der Waals surface area (Å²) < 4.78 is 6.99. The first kappa shape index (κ1) is 30.8. The van der Waals surface area contributed by atoms with E-state index in [2.05, 4.69) is 92.8 Å². The predicted molar refractivity (Wildman–Crippen MR) is 153 cm³/mol. The molecule has 0 aromatic heterocycles. The third-order valence-corrected chi connectivity index (χ3v) is 24.4. The van der Waals surface area contributed by atoms with Crippen LogP contribution in [0.4, 0.5) is 0 Å². The van der Waals surface area contributed by atoms with Crippen LogP contribution in [0.25, 0.3) is 0 Å². The summed E-state index contributed by atoms with van der Waals surface area (Å²) in [5.41, 5.74) is 2.69. The van der Waals surface area contributed by atoms with Crippen LogP contribution < -0.4 is 0 Å². The molecule has 1 nitrogen and oxygen atoms in total. The van der Waals surface area contributed by atoms with Gasteiger partial charge in [-0.3, -0.25) is 0 Å². The van der Waals surface area contributed by atoms with Gasteiger partial charge in [-0.25, -0.2) is 0 Å². The van der Waals surface area contributed by atoms with E-state index in [0.29, 0.717) is 0 Å². The van der Waals surface area contributed by atoms with Gasteiger partial charge in [0.25, 0.3) is 0 Å². The number of allylic oxidation sites excluding steroid dienone is 2. The molecule has 0 amide bonds. The highest BCUT2D eigenvalue weighted by Gasteiger charge is 2.34. The average Bonchev–Trinajstić information content (AvgIpc) is 2.82. The van der Waals surface area contributed by atoms with Crippen molar-refractivity contribution in [2.24, 2.45) is 0 Å². The molecule has 1 atom stereocenters. The van der Waals surface area contributed by atoms with Gasteiger partial charge in [-0.15, -0.1) is 6.58 Å². The molecule has 0 aliphatic rings. The summed E-state index contributed by atoms with van der Waals surface area (Å²) in [6.45, 7) is 25.6. The Labute approximate surface area is 200 Å². The van der Waals surface area contributed by atoms with Crippen molar-refractivity contribution in [2.45, 2.75) is 136 Å². The fourth-order valence-electron chi connectivity index (χ4n) is 5.29. The van der Waals surface area contributed by atoms with Gasteiger partial charge in [-0.1, -0.05) is 128 Å². The molecule has 182 valence electrons. The lowest BCUT2D eigenvalue weighted by Crippen LogP contribution is -2.40. The first-order valence-electron chi connectivity index (χ1n) is 13.5. The van der Waals surface area contributed by atoms with Gasteiger partial charge in [-0.05, 0) is 31.0 Å². The molecule has 0 N–H and O–H groups in total. The largest absolute Gasteiger partial charge is 0.410 e. The summed E-state index contributed by atoms with van der Waals surface area (Å²) in [4.78, 5) is 0. The van der Waals surface area contributed by atoms with Crippen molar-refractivity contribution in [3.05, 3.63) is 35.7 Å². The summed E-state index contributed by atoms with van der Waals surface area (Å²) in [6.07, 6.45) is 9.56. The monoisotopic (exact) mass is 480 g/mol. The standard InChI is InChI=1S/C27H56OSi3/c1-11-22-26(28-31(18-8,19-9)20-10)25-27(30(15-5,16-6)17-7)23-21-24-29(12-2,13-3)14-4/h11,21,24-26H,1,12-20,22-23H2,2-10H3/b24-21+,27-25+. The van der Waals surface area contributed by atoms with Gasteiger partial charge < -0.3 is 4.43 Å². The van der Waals surface area contributed by atoms with E-state index < -0.39 is 24.5 Å². The second-order valence-corrected chi connectivity index (χ2v) is 24.7. The second-order valence-electron chi connectivity index (χ2n) is 9.49. The normalized spacial score (nSPS) is 14.9. The molecule has 0 aromatic carbocycles. The molecule has 0 aliphatic heterocycles. The van der Waals surface area contributed by atoms with Crippen molar-refractivity contribution in [3.63, 3.8) is 0 Å². The Hall–Kier alpha value is -0.169. The Balaban J connectivity index is 6.20. The average molecular weight is 481 g/mol. The lowest BCUT2D eigenvalue weighted by atomic mass is 10.2. The summed E-state index contributed by atoms with van der Waals surface area (Å²) in [5.74, 6) is 0. The van der Waals surface area contributed by atoms with Gasteiger partial charge >= 0.3 is 0 Å². The molecule has 0 aliphatic carbocycles. The van der Waals surface area contributed by atoms with E-state index in [1.54, 1.807) is 5.20 Å². The minimum Gasteiger partial charge on any atom is -0.410 e. The molecule has 0 fully saturated rings. The van der Waals surface area contributed by atoms with E-state index >= 15 is 0 Å². The highest BCUT2D eigenvalue weighted by atomic mass is 28.4. The molecule has 0 heterocycles. The van der Waals surface area contributed by atoms with Crippen LogP contribution in [-0.2, 0) is 4.43 Å². The summed E-state index contributed by atoms with van der Waals surface area (Å²) in [6, 6.07) is 11.8. The van der Waals surface area contributed by atoms with Crippen molar-refractivity contribution < 1.29 is 4.43 Å². The lowest BCUT2D eigenvalue weighted by molar-refractivity contribution is 0.235. The molecule has 1 unspecified atom stereocenters. The molecule has 0 bridgehead atoms. The molecular formula is C27H56OSi3. The molecule has 0 rings (SSSR count). The number of hydrogen-bond donors (Lipinski definition) is 0. The maximum Gasteiger partial charge on any atom is 0.192 e. The first-order valence-corrected chi connectivity index (χ1v) is 21.3. The molecule has 0 saturated carbocycles. The molecule has 0 aromatic rings. The predicted octanol–water partition coefficient (Wildman–Crippen LogP) is 9.92. The second kappa shape index (κ2) is 15.6. The molecule has 0 spiro atoms. The van der Waals surface area contributed by atoms with Crippen molar-refractivity contribution >= 4 is 24.5 Å². The van der Waals surface area contributed by atoms with Crippen LogP contribution in [0.5, 0.6) is 0 Å². The van der Waals surface area contributed by atoms with E-state index in [1.165, 1.54) is 54.4 Å². The van der Waals surface area contributed by atoms with Crippen LogP contribution in [0, 0.1) is 0 Å². The highest BCUT2D eigenvalue weighted by Crippen LogP contribution is 2.34. The summed E-state index contributed by atoms with van der Waals surface area (Å²) in [5, 5.41) is 1.75. The SMILES string of the molecule is C=CCC(/C=C(\C/C=C/[Si](CC)(CC)CC)[Si](CC)(CC)CC)O[Si](CC)(CC)CC. The molecular weight excluding hydrogens is 425 g/mol. The van der Waals surface area contributed by atoms with Crippen LogP contribution >= 0.6 is 0 Å². The fraction of sp³-hybridized carbons (Fsp3) is 0.778. The maximum absolute atomic E-state index is 6.99. The van der Waals surface area contributed by atoms with Crippen LogP contribution in [0.2, 0.25) is 54.4 Å². The zero-order valence-electron chi connectivity index (χ0n) is 22.8. The first-order chi connectivity index (χ1) is 14.8. The van der Waals surface area contributed by atoms with Crippen molar-refractivity contribution in [2.75, 3.05) is 0 Å². The van der Waals surface area contributed by atoms with E-state index in [9.17, 15) is 0 Å². The van der Waals surface area contributed by atoms with E-state index in [1.807, 2.05) is 0 Å². The third-order valence-electron chi connectivity index (χ3n) is 8.75. The van der Waals surface area contributed by atoms with Crippen molar-refractivity contribution in [3.8, 4) is 0 Å². The summed E-state index contributed by atoms with van der Waals surface area (Å²) in [7, 11) is -4.30. The quantitative estimate of drug-likeness (QED) is 0.140. The van der Waals surface area contributed by atoms with Gasteiger partial charge in [0.2, 0.25) is 0 Å². The molecule has 0 saturated heterocycles. The highest BCUT2D eigenvalue weighted by molar-refractivity contribution is 6.86. The molecule has 4 heteroatoms. The Kier molecular flexibility index (Phi) is 15.5. The summed E-state index contributed by atoms with van der Waals surface area (Å²) >= 11 is 0. The minimum absolute atomic E-state index is 0.217. The van der Waals surface area contributed by atoms with E-state index in [4.69, 9.17) is 4.43 Å². The molecule has 0 radical (unpaired) electrons. The Morgan fingerprint density at radius 2 is 1.23 bits per heavy atom. The van der Waals surface area contributed by atoms with Gasteiger partial charge in [0.15, 0.2) is 8.32 Å². The number of hydrogen-bond acceptors (Lipinski definition) is 1. The topological polar surface area (TPSA) is 9.23 Å². The zero-order valence-corrected chi connectivity index (χ0v) is 25.8. The van der Waals surface area contributed by atoms with Gasteiger partial charge in [-0.2, -0.15) is 0 Å². The van der Waals surface area contributed by atoms with E-state index in [-0.39, 0.29) is 6.10 Å². The van der Waals surface area contributed by atoms with Crippen LogP contribution in [0.1, 0.15) is 75.2 Å². The smallest absolute Gasteiger partial charge is 0.192 e. The maximum atomic E-state index is 6.99. The Bertz CT molecular complexity index is 516. The Morgan fingerprint density at radius 1 is 0.742 bits per heavy atom. The molecule has 31 heavy (non-hydrogen) atoms. The van der Waals surface area contributed by atoms with Gasteiger partial charge in [0.1, 0.15) is 0 Å². The van der Waals surface area contributed by atoms with Crippen molar-refractivity contribution in [1.29, 1.82) is 0 Å². The van der Waals surface area contributed by atoms with Crippen molar-refractivity contribution in [1.82, 2.24) is 0 Å². The van der Waals surface area contributed by atoms with Gasteiger partial charge in [0, 0.05) is 0 Å². The van der Waals surface area contributed by atoms with E-state index in [0.717, 1.165) is 12.8 Å². The Morgan fingerprint density at radius 3 is 1.58 bits per heavy atom. The third kappa shape index (κ3) is 8.60. The lowest BCUT2D eigenvalue weighted by Gasteiger charge is -2.35. The van der Waals surface area contributed by atoms with Crippen LogP contribution in [0.3, 0.4) is 0 Å². The zero-order chi connectivity index (χ0) is 24.0.